The lowest BCUT2D eigenvalue weighted by atomic mass is 10.1. The number of rotatable bonds is 5. The van der Waals surface area contributed by atoms with E-state index in [0.717, 1.165) is 17.0 Å². The van der Waals surface area contributed by atoms with Gasteiger partial charge < -0.3 is 15.8 Å². The van der Waals surface area contributed by atoms with Crippen molar-refractivity contribution >= 4 is 11.6 Å². The molecule has 0 amide bonds. The second-order valence-electron chi connectivity index (χ2n) is 5.58. The third-order valence-corrected chi connectivity index (χ3v) is 3.60. The summed E-state index contributed by atoms with van der Waals surface area (Å²) >= 11 is 0. The molecule has 0 aliphatic carbocycles. The molecule has 0 aliphatic heterocycles. The number of hydrogen-bond acceptors (Lipinski definition) is 3. The molecule has 0 fully saturated rings. The Morgan fingerprint density at radius 2 is 1.69 bits per heavy atom. The highest BCUT2D eigenvalue weighted by molar-refractivity contribution is 5.92. The maximum absolute atomic E-state index is 8.81. The minimum Gasteiger partial charge on any atom is -0.457 e. The SMILES string of the molecule is N#Cc1ccc(CN=C(N)Nc2cccc(Oc3ccccc3)c2)cc1. The molecule has 5 heteroatoms. The Bertz CT molecular complexity index is 928. The number of para-hydroxylation sites is 1. The molecule has 0 heterocycles. The normalized spacial score (nSPS) is 10.8. The summed E-state index contributed by atoms with van der Waals surface area (Å²) in [7, 11) is 0. The van der Waals surface area contributed by atoms with E-state index in [1.54, 1.807) is 12.1 Å². The van der Waals surface area contributed by atoms with Crippen LogP contribution in [0.3, 0.4) is 0 Å². The molecule has 0 unspecified atom stereocenters. The van der Waals surface area contributed by atoms with Gasteiger partial charge >= 0.3 is 0 Å². The summed E-state index contributed by atoms with van der Waals surface area (Å²) in [5.41, 5.74) is 8.35. The molecule has 0 saturated heterocycles. The van der Waals surface area contributed by atoms with Crippen LogP contribution < -0.4 is 15.8 Å². The molecule has 0 aliphatic rings. The Kier molecular flexibility index (Phi) is 5.48. The maximum Gasteiger partial charge on any atom is 0.193 e. The fourth-order valence-corrected chi connectivity index (χ4v) is 2.31. The van der Waals surface area contributed by atoms with Crippen molar-refractivity contribution in [3.05, 3.63) is 90.0 Å². The van der Waals surface area contributed by atoms with Crippen LogP contribution in [-0.4, -0.2) is 5.96 Å². The summed E-state index contributed by atoms with van der Waals surface area (Å²) in [4.78, 5) is 4.32. The molecule has 0 atom stereocenters. The van der Waals surface area contributed by atoms with Gasteiger partial charge in [-0.05, 0) is 42.0 Å². The van der Waals surface area contributed by atoms with Crippen LogP contribution in [0.15, 0.2) is 83.9 Å². The van der Waals surface area contributed by atoms with Gasteiger partial charge in [0.05, 0.1) is 18.2 Å². The van der Waals surface area contributed by atoms with E-state index in [1.807, 2.05) is 66.7 Å². The lowest BCUT2D eigenvalue weighted by Gasteiger charge is -2.09. The van der Waals surface area contributed by atoms with E-state index in [1.165, 1.54) is 0 Å². The van der Waals surface area contributed by atoms with Gasteiger partial charge in [-0.3, -0.25) is 0 Å². The van der Waals surface area contributed by atoms with Gasteiger partial charge in [-0.15, -0.1) is 0 Å². The number of ether oxygens (including phenoxy) is 1. The van der Waals surface area contributed by atoms with Gasteiger partial charge in [0, 0.05) is 11.8 Å². The lowest BCUT2D eigenvalue weighted by molar-refractivity contribution is 0.483. The van der Waals surface area contributed by atoms with Gasteiger partial charge in [0.15, 0.2) is 5.96 Å². The molecular formula is C21H18N4O. The van der Waals surface area contributed by atoms with Crippen molar-refractivity contribution in [3.8, 4) is 17.6 Å². The molecule has 26 heavy (non-hydrogen) atoms. The van der Waals surface area contributed by atoms with Crippen molar-refractivity contribution in [3.63, 3.8) is 0 Å². The predicted molar refractivity (Wildman–Crippen MR) is 103 cm³/mol. The predicted octanol–water partition coefficient (Wildman–Crippen LogP) is 4.28. The van der Waals surface area contributed by atoms with Crippen molar-refractivity contribution < 1.29 is 4.74 Å². The van der Waals surface area contributed by atoms with Gasteiger partial charge in [0.1, 0.15) is 11.5 Å². The van der Waals surface area contributed by atoms with Crippen LogP contribution in [0.5, 0.6) is 11.5 Å². The molecule has 0 bridgehead atoms. The number of nitriles is 1. The highest BCUT2D eigenvalue weighted by Gasteiger charge is 2.00. The number of hydrogen-bond donors (Lipinski definition) is 2. The Morgan fingerprint density at radius 3 is 2.42 bits per heavy atom. The van der Waals surface area contributed by atoms with Crippen LogP contribution in [0.1, 0.15) is 11.1 Å². The molecule has 5 nitrogen and oxygen atoms in total. The molecule has 0 radical (unpaired) electrons. The van der Waals surface area contributed by atoms with Gasteiger partial charge in [-0.1, -0.05) is 36.4 Å². The first-order chi connectivity index (χ1) is 12.7. The van der Waals surface area contributed by atoms with Crippen LogP contribution in [0.4, 0.5) is 5.69 Å². The van der Waals surface area contributed by atoms with E-state index >= 15 is 0 Å². The molecule has 3 aromatic rings. The van der Waals surface area contributed by atoms with Gasteiger partial charge in [0.2, 0.25) is 0 Å². The second kappa shape index (κ2) is 8.36. The second-order valence-corrected chi connectivity index (χ2v) is 5.58. The minimum atomic E-state index is 0.311. The van der Waals surface area contributed by atoms with Crippen LogP contribution in [0, 0.1) is 11.3 Å². The Labute approximate surface area is 152 Å². The molecule has 3 rings (SSSR count). The number of guanidine groups is 1. The fraction of sp³-hybridized carbons (Fsp3) is 0.0476. The Morgan fingerprint density at radius 1 is 0.962 bits per heavy atom. The molecule has 3 N–H and O–H groups in total. The largest absolute Gasteiger partial charge is 0.457 e. The third-order valence-electron chi connectivity index (χ3n) is 3.60. The van der Waals surface area contributed by atoms with E-state index in [2.05, 4.69) is 16.4 Å². The minimum absolute atomic E-state index is 0.311. The number of aliphatic imine (C=N–C) groups is 1. The highest BCUT2D eigenvalue weighted by atomic mass is 16.5. The van der Waals surface area contributed by atoms with E-state index in [0.29, 0.717) is 23.8 Å². The summed E-state index contributed by atoms with van der Waals surface area (Å²) in [6.07, 6.45) is 0. The third kappa shape index (κ3) is 4.86. The smallest absolute Gasteiger partial charge is 0.193 e. The zero-order chi connectivity index (χ0) is 18.2. The summed E-state index contributed by atoms with van der Waals surface area (Å²) in [5.74, 6) is 1.79. The van der Waals surface area contributed by atoms with Gasteiger partial charge in [-0.2, -0.15) is 5.26 Å². The quantitative estimate of drug-likeness (QED) is 0.535. The zero-order valence-electron chi connectivity index (χ0n) is 14.1. The molecule has 0 spiro atoms. The first kappa shape index (κ1) is 17.1. The number of anilines is 1. The standard InChI is InChI=1S/C21H18N4O/c22-14-16-9-11-17(12-10-16)15-24-21(23)25-18-5-4-8-20(13-18)26-19-6-2-1-3-7-19/h1-13H,15H2,(H3,23,24,25). The van der Waals surface area contributed by atoms with Crippen molar-refractivity contribution in [1.82, 2.24) is 0 Å². The molecule has 128 valence electrons. The monoisotopic (exact) mass is 342 g/mol. The lowest BCUT2D eigenvalue weighted by Crippen LogP contribution is -2.22. The van der Waals surface area contributed by atoms with E-state index < -0.39 is 0 Å². The summed E-state index contributed by atoms with van der Waals surface area (Å²) < 4.78 is 5.80. The van der Waals surface area contributed by atoms with Crippen LogP contribution in [0.25, 0.3) is 0 Å². The fourth-order valence-electron chi connectivity index (χ4n) is 2.31. The van der Waals surface area contributed by atoms with Crippen molar-refractivity contribution in [1.29, 1.82) is 5.26 Å². The summed E-state index contributed by atoms with van der Waals surface area (Å²) in [6.45, 7) is 0.435. The van der Waals surface area contributed by atoms with Crippen molar-refractivity contribution in [2.45, 2.75) is 6.54 Å². The topological polar surface area (TPSA) is 83.4 Å². The number of nitrogens with one attached hydrogen (secondary N) is 1. The van der Waals surface area contributed by atoms with Gasteiger partial charge in [0.25, 0.3) is 0 Å². The molecular weight excluding hydrogens is 324 g/mol. The summed E-state index contributed by atoms with van der Waals surface area (Å²) in [6, 6.07) is 26.4. The number of benzene rings is 3. The molecule has 0 saturated carbocycles. The highest BCUT2D eigenvalue weighted by Crippen LogP contribution is 2.23. The van der Waals surface area contributed by atoms with Crippen LogP contribution >= 0.6 is 0 Å². The number of nitrogens with zero attached hydrogens (tertiary/aromatic N) is 2. The summed E-state index contributed by atoms with van der Waals surface area (Å²) in [5, 5.41) is 11.9. The van der Waals surface area contributed by atoms with E-state index in [9.17, 15) is 0 Å². The molecule has 3 aromatic carbocycles. The van der Waals surface area contributed by atoms with E-state index in [-0.39, 0.29) is 0 Å². The number of nitrogens with two attached hydrogens (primary N) is 1. The zero-order valence-corrected chi connectivity index (χ0v) is 14.1. The average Bonchev–Trinajstić information content (AvgIpc) is 2.68. The van der Waals surface area contributed by atoms with Gasteiger partial charge in [-0.25, -0.2) is 4.99 Å². The van der Waals surface area contributed by atoms with Crippen molar-refractivity contribution in [2.75, 3.05) is 5.32 Å². The average molecular weight is 342 g/mol. The molecule has 0 aromatic heterocycles. The maximum atomic E-state index is 8.81. The van der Waals surface area contributed by atoms with E-state index in [4.69, 9.17) is 15.7 Å². The first-order valence-corrected chi connectivity index (χ1v) is 8.12. The Hall–Kier alpha value is -3.78. The van der Waals surface area contributed by atoms with Crippen LogP contribution in [-0.2, 0) is 6.54 Å². The Balaban J connectivity index is 1.62. The first-order valence-electron chi connectivity index (χ1n) is 8.12. The van der Waals surface area contributed by atoms with Crippen LogP contribution in [0.2, 0.25) is 0 Å². The van der Waals surface area contributed by atoms with Crippen molar-refractivity contribution in [2.24, 2.45) is 10.7 Å².